The lowest BCUT2D eigenvalue weighted by Gasteiger charge is -2.65. The van der Waals surface area contributed by atoms with Crippen molar-refractivity contribution >= 4 is 17.7 Å². The molecule has 0 amide bonds. The standard InChI is InChI=1S/C24H34O5/c1-15(25)28-14-22(4)8-6-9-23(5)17-7-10-21(3)11-12-24(17,20(21)27)19(13-18(22)23)29-16(2)26/h11-12,17-19H,6-10,13-14H2,1-5H3/t17-,18+,19-,21+,22+,23-,24+/m0/s1. The zero-order valence-electron chi connectivity index (χ0n) is 18.4. The van der Waals surface area contributed by atoms with E-state index in [9.17, 15) is 14.4 Å². The van der Waals surface area contributed by atoms with Crippen molar-refractivity contribution in [2.75, 3.05) is 6.61 Å². The molecule has 0 aromatic carbocycles. The molecule has 0 saturated heterocycles. The van der Waals surface area contributed by atoms with Crippen molar-refractivity contribution in [2.24, 2.45) is 33.5 Å². The van der Waals surface area contributed by atoms with Crippen LogP contribution in [0.3, 0.4) is 0 Å². The highest BCUT2D eigenvalue weighted by molar-refractivity contribution is 5.98. The molecule has 0 unspecified atom stereocenters. The minimum Gasteiger partial charge on any atom is -0.465 e. The number of rotatable bonds is 3. The first-order valence-corrected chi connectivity index (χ1v) is 11.0. The van der Waals surface area contributed by atoms with Crippen LogP contribution >= 0.6 is 0 Å². The largest absolute Gasteiger partial charge is 0.465 e. The second-order valence-electron chi connectivity index (χ2n) is 10.8. The Kier molecular flexibility index (Phi) is 4.57. The molecule has 0 heterocycles. The Morgan fingerprint density at radius 2 is 1.76 bits per heavy atom. The summed E-state index contributed by atoms with van der Waals surface area (Å²) in [7, 11) is 0. The van der Waals surface area contributed by atoms with Gasteiger partial charge in [-0.05, 0) is 56.3 Å². The number of ketones is 1. The van der Waals surface area contributed by atoms with Gasteiger partial charge in [0.2, 0.25) is 0 Å². The summed E-state index contributed by atoms with van der Waals surface area (Å²) in [6.07, 6.45) is 9.30. The molecule has 0 radical (unpaired) electrons. The maximum Gasteiger partial charge on any atom is 0.302 e. The summed E-state index contributed by atoms with van der Waals surface area (Å²) in [6, 6.07) is 0. The van der Waals surface area contributed by atoms with Crippen LogP contribution in [0, 0.1) is 33.5 Å². The third-order valence-electron chi connectivity index (χ3n) is 8.96. The first kappa shape index (κ1) is 20.6. The zero-order chi connectivity index (χ0) is 21.2. The predicted molar refractivity (Wildman–Crippen MR) is 108 cm³/mol. The number of hydrogen-bond acceptors (Lipinski definition) is 5. The lowest BCUT2D eigenvalue weighted by molar-refractivity contribution is -0.211. The van der Waals surface area contributed by atoms with E-state index in [1.54, 1.807) is 0 Å². The Bertz CT molecular complexity index is 786. The first-order valence-electron chi connectivity index (χ1n) is 11.0. The van der Waals surface area contributed by atoms with Gasteiger partial charge in [-0.3, -0.25) is 14.4 Å². The minimum absolute atomic E-state index is 0.0462. The van der Waals surface area contributed by atoms with Gasteiger partial charge in [0.15, 0.2) is 5.78 Å². The van der Waals surface area contributed by atoms with E-state index in [2.05, 4.69) is 26.0 Å². The number of hydrogen-bond donors (Lipinski definition) is 0. The Morgan fingerprint density at radius 3 is 2.41 bits per heavy atom. The van der Waals surface area contributed by atoms with Crippen molar-refractivity contribution in [2.45, 2.75) is 79.2 Å². The summed E-state index contributed by atoms with van der Waals surface area (Å²) < 4.78 is 11.4. The zero-order valence-corrected chi connectivity index (χ0v) is 18.4. The molecule has 4 aliphatic rings. The van der Waals surface area contributed by atoms with Crippen LogP contribution in [0.5, 0.6) is 0 Å². The smallest absolute Gasteiger partial charge is 0.302 e. The predicted octanol–water partition coefficient (Wildman–Crippen LogP) is 4.24. The molecule has 0 N–H and O–H groups in total. The summed E-state index contributed by atoms with van der Waals surface area (Å²) in [5.41, 5.74) is -1.36. The molecule has 2 bridgehead atoms. The maximum atomic E-state index is 13.7. The van der Waals surface area contributed by atoms with Crippen LogP contribution in [0.15, 0.2) is 12.2 Å². The van der Waals surface area contributed by atoms with Gasteiger partial charge in [-0.25, -0.2) is 0 Å². The summed E-state index contributed by atoms with van der Waals surface area (Å²) >= 11 is 0. The molecule has 7 atom stereocenters. The van der Waals surface area contributed by atoms with E-state index in [1.807, 2.05) is 6.92 Å². The molecule has 1 spiro atoms. The van der Waals surface area contributed by atoms with E-state index in [4.69, 9.17) is 9.47 Å². The van der Waals surface area contributed by atoms with Gasteiger partial charge in [-0.1, -0.05) is 32.4 Å². The fourth-order valence-corrected chi connectivity index (χ4v) is 7.66. The Hall–Kier alpha value is -1.65. The Labute approximate surface area is 173 Å². The van der Waals surface area contributed by atoms with E-state index in [0.29, 0.717) is 13.0 Å². The summed E-state index contributed by atoms with van der Waals surface area (Å²) in [6.45, 7) is 9.84. The van der Waals surface area contributed by atoms with Crippen molar-refractivity contribution < 1.29 is 23.9 Å². The maximum absolute atomic E-state index is 13.7. The van der Waals surface area contributed by atoms with Gasteiger partial charge in [-0.2, -0.15) is 0 Å². The number of ether oxygens (including phenoxy) is 2. The molecule has 4 aliphatic carbocycles. The lowest BCUT2D eigenvalue weighted by Crippen LogP contribution is -2.66. The number of fused-ring (bicyclic) bond motifs is 3. The van der Waals surface area contributed by atoms with Gasteiger partial charge in [0, 0.05) is 24.7 Å². The molecule has 29 heavy (non-hydrogen) atoms. The van der Waals surface area contributed by atoms with Crippen molar-refractivity contribution in [1.82, 2.24) is 0 Å². The number of allylic oxidation sites excluding steroid dienone is 1. The van der Waals surface area contributed by atoms with Gasteiger partial charge in [0.1, 0.15) is 6.10 Å². The fraction of sp³-hybridized carbons (Fsp3) is 0.792. The number of esters is 2. The lowest BCUT2D eigenvalue weighted by atomic mass is 9.39. The highest BCUT2D eigenvalue weighted by Gasteiger charge is 2.71. The molecule has 5 nitrogen and oxygen atoms in total. The van der Waals surface area contributed by atoms with Gasteiger partial charge in [0.05, 0.1) is 12.0 Å². The molecule has 3 saturated carbocycles. The number of Topliss-reactive ketones (excluding diaryl/α,β-unsaturated/α-hetero) is 1. The number of carbonyl (C=O) groups excluding carboxylic acids is 3. The van der Waals surface area contributed by atoms with E-state index in [1.165, 1.54) is 13.8 Å². The highest BCUT2D eigenvalue weighted by Crippen LogP contribution is 2.71. The van der Waals surface area contributed by atoms with E-state index < -0.39 is 16.9 Å². The summed E-state index contributed by atoms with van der Waals surface area (Å²) in [5, 5.41) is 0. The molecule has 5 heteroatoms. The Balaban J connectivity index is 1.79. The van der Waals surface area contributed by atoms with Gasteiger partial charge in [-0.15, -0.1) is 0 Å². The summed E-state index contributed by atoms with van der Waals surface area (Å²) in [5.74, 6) is 0.0253. The van der Waals surface area contributed by atoms with Crippen LogP contribution in [-0.2, 0) is 23.9 Å². The van der Waals surface area contributed by atoms with Crippen LogP contribution in [0.2, 0.25) is 0 Å². The van der Waals surface area contributed by atoms with Crippen molar-refractivity contribution in [3.8, 4) is 0 Å². The molecule has 0 aliphatic heterocycles. The molecular weight excluding hydrogens is 368 g/mol. The number of carbonyl (C=O) groups is 3. The molecule has 0 aromatic heterocycles. The van der Waals surface area contributed by atoms with E-state index in [0.717, 1.165) is 32.1 Å². The van der Waals surface area contributed by atoms with E-state index >= 15 is 0 Å². The van der Waals surface area contributed by atoms with Gasteiger partial charge in [0.25, 0.3) is 0 Å². The molecule has 3 fully saturated rings. The van der Waals surface area contributed by atoms with Crippen molar-refractivity contribution in [1.29, 1.82) is 0 Å². The van der Waals surface area contributed by atoms with Crippen molar-refractivity contribution in [3.05, 3.63) is 12.2 Å². The van der Waals surface area contributed by atoms with E-state index in [-0.39, 0.29) is 40.4 Å². The molecule has 4 rings (SSSR count). The van der Waals surface area contributed by atoms with Crippen LogP contribution in [0.4, 0.5) is 0 Å². The van der Waals surface area contributed by atoms with Crippen LogP contribution in [-0.4, -0.2) is 30.4 Å². The van der Waals surface area contributed by atoms with Gasteiger partial charge >= 0.3 is 11.9 Å². The van der Waals surface area contributed by atoms with Crippen LogP contribution < -0.4 is 0 Å². The van der Waals surface area contributed by atoms with Crippen LogP contribution in [0.25, 0.3) is 0 Å². The third kappa shape index (κ3) is 2.75. The Morgan fingerprint density at radius 1 is 1.03 bits per heavy atom. The topological polar surface area (TPSA) is 69.7 Å². The fourth-order valence-electron chi connectivity index (χ4n) is 7.66. The average molecular weight is 403 g/mol. The van der Waals surface area contributed by atoms with Crippen molar-refractivity contribution in [3.63, 3.8) is 0 Å². The monoisotopic (exact) mass is 402 g/mol. The minimum atomic E-state index is -0.705. The first-order chi connectivity index (χ1) is 13.5. The molecule has 0 aromatic rings. The third-order valence-corrected chi connectivity index (χ3v) is 8.96. The second-order valence-corrected chi connectivity index (χ2v) is 10.8. The SMILES string of the molecule is CC(=O)OC[C@@]1(C)CCC[C@]2(C)[C@@H]1C[C@H](OC(C)=O)[C@@]13C=C[C@@](C)(CC[C@@H]21)C3=O. The average Bonchev–Trinajstić information content (AvgIpc) is 2.78. The molecular formula is C24H34O5. The second kappa shape index (κ2) is 6.42. The van der Waals surface area contributed by atoms with Crippen LogP contribution in [0.1, 0.15) is 73.1 Å². The highest BCUT2D eigenvalue weighted by atomic mass is 16.5. The molecule has 160 valence electrons. The summed E-state index contributed by atoms with van der Waals surface area (Å²) in [4.78, 5) is 37.3. The quantitative estimate of drug-likeness (QED) is 0.522. The normalized spacial score (nSPS) is 47.9. The van der Waals surface area contributed by atoms with Gasteiger partial charge < -0.3 is 9.47 Å².